The Labute approximate surface area is 484 Å². The van der Waals surface area contributed by atoms with E-state index >= 15 is 0 Å². The number of aromatic nitrogens is 2. The van der Waals surface area contributed by atoms with Gasteiger partial charge >= 0.3 is 5.69 Å². The van der Waals surface area contributed by atoms with E-state index in [1.54, 1.807) is 37.4 Å². The summed E-state index contributed by atoms with van der Waals surface area (Å²) in [5, 5.41) is 29.3. The fraction of sp³-hybridized carbons (Fsp3) is 0.303. The van der Waals surface area contributed by atoms with E-state index in [4.69, 9.17) is 26.2 Å². The Morgan fingerprint density at radius 1 is 0.768 bits per heavy atom. The third-order valence-corrected chi connectivity index (χ3v) is 18.3. The largest absolute Gasteiger partial charge is 0.487 e. The van der Waals surface area contributed by atoms with Crippen LogP contribution in [0, 0.1) is 21.4 Å². The van der Waals surface area contributed by atoms with E-state index in [1.807, 2.05) is 83.5 Å². The first-order chi connectivity index (χ1) is 39.5. The van der Waals surface area contributed by atoms with Crippen LogP contribution in [-0.4, -0.2) is 84.0 Å². The molecule has 2 N–H and O–H groups in total. The van der Waals surface area contributed by atoms with Crippen LogP contribution in [-0.2, 0) is 15.6 Å². The Balaban J connectivity index is 0.923. The molecule has 0 unspecified atom stereocenters. The quantitative estimate of drug-likeness (QED) is 0.0505. The van der Waals surface area contributed by atoms with E-state index in [-0.39, 0.29) is 35.0 Å². The van der Waals surface area contributed by atoms with Crippen molar-refractivity contribution in [3.63, 3.8) is 0 Å². The van der Waals surface area contributed by atoms with Gasteiger partial charge in [0, 0.05) is 55.6 Å². The van der Waals surface area contributed by atoms with Gasteiger partial charge in [0.05, 0.1) is 44.7 Å². The summed E-state index contributed by atoms with van der Waals surface area (Å²) in [6.07, 6.45) is 7.40. The van der Waals surface area contributed by atoms with Crippen molar-refractivity contribution in [1.82, 2.24) is 19.4 Å². The van der Waals surface area contributed by atoms with Crippen LogP contribution < -0.4 is 19.1 Å². The van der Waals surface area contributed by atoms with Gasteiger partial charge < -0.3 is 19.5 Å². The fourth-order valence-electron chi connectivity index (χ4n) is 12.1. The van der Waals surface area contributed by atoms with Crippen LogP contribution in [0.3, 0.4) is 0 Å². The molecule has 1 saturated carbocycles. The predicted molar refractivity (Wildman–Crippen MR) is 321 cm³/mol. The van der Waals surface area contributed by atoms with Crippen LogP contribution in [0.2, 0.25) is 5.02 Å². The summed E-state index contributed by atoms with van der Waals surface area (Å²) in [5.41, 5.74) is 6.33. The highest BCUT2D eigenvalue weighted by Gasteiger charge is 2.41. The summed E-state index contributed by atoms with van der Waals surface area (Å²) in [7, 11) is -4.71. The molecule has 2 fully saturated rings. The molecule has 82 heavy (non-hydrogen) atoms. The number of benzene rings is 7. The van der Waals surface area contributed by atoms with Crippen molar-refractivity contribution in [2.75, 3.05) is 44.2 Å². The van der Waals surface area contributed by atoms with Crippen LogP contribution >= 0.6 is 11.6 Å². The molecule has 1 saturated heterocycles. The Morgan fingerprint density at radius 3 is 2.02 bits per heavy atom. The van der Waals surface area contributed by atoms with Gasteiger partial charge in [0.15, 0.2) is 5.75 Å². The molecule has 1 amide bonds. The molecule has 2 aliphatic carbocycles. The second-order valence-corrected chi connectivity index (χ2v) is 25.2. The topological polar surface area (TPSA) is 169 Å². The number of ether oxygens (including phenoxy) is 2. The van der Waals surface area contributed by atoms with Gasteiger partial charge in [-0.2, -0.15) is 5.10 Å². The lowest BCUT2D eigenvalue weighted by Crippen LogP contribution is -2.47. The lowest BCUT2D eigenvalue weighted by Gasteiger charge is -2.39. The maximum absolute atomic E-state index is 14.6. The Kier molecular flexibility index (Phi) is 15.9. The van der Waals surface area contributed by atoms with Crippen molar-refractivity contribution in [3.05, 3.63) is 225 Å². The molecule has 1 aliphatic heterocycles. The number of nitro benzene ring substituents is 1. The second-order valence-electron chi connectivity index (χ2n) is 23.1. The number of rotatable bonds is 17. The molecule has 0 spiro atoms. The SMILES string of the molecule is CC1(C)CCC(CN2CCN(c3ccc(C(=O)NS(=O)(=O)c4ccc(OC[C@H]5CC[C@@](C)(O)CC5)c([N+](=O)[O-])c4)c(Oc4cccc5c4cnn5C(c4ccccc4)(c4ccccc4)c4ccccc4)c3)CC2)=C(c2ccc(Cl)cc2)C1. The average molecular weight is 1140 g/mol. The highest BCUT2D eigenvalue weighted by Crippen LogP contribution is 2.46. The minimum absolute atomic E-state index is 0.0662. The number of allylic oxidation sites excluding steroid dienone is 1. The van der Waals surface area contributed by atoms with Crippen molar-refractivity contribution in [3.8, 4) is 17.2 Å². The van der Waals surface area contributed by atoms with Gasteiger partial charge in [0.2, 0.25) is 0 Å². The first-order valence-corrected chi connectivity index (χ1v) is 29.9. The molecule has 0 bridgehead atoms. The summed E-state index contributed by atoms with van der Waals surface area (Å²) < 4.78 is 45.4. The zero-order valence-corrected chi connectivity index (χ0v) is 47.9. The molecular formula is C66H67ClN6O8S. The number of sulfonamides is 1. The maximum Gasteiger partial charge on any atom is 0.312 e. The highest BCUT2D eigenvalue weighted by atomic mass is 35.5. The number of hydrogen-bond acceptors (Lipinski definition) is 11. The van der Waals surface area contributed by atoms with Gasteiger partial charge in [-0.1, -0.05) is 140 Å². The monoisotopic (exact) mass is 1140 g/mol. The standard InChI is InChI=1S/C66H67ClN6O8S/c1-64(2)33-32-48(56(42-64)47-22-24-52(67)25-23-47)44-70-36-38-71(39-37-70)53-26-28-55(63(74)69-82(78,79)54-27-29-61(59(41-54)73(76)77)80-45-46-30-34-65(3,75)35-31-46)62(40-53)81-60-21-13-20-58-57(60)43-68-72(58)66(49-14-7-4-8-15-49,50-16-9-5-10-17-50)51-18-11-6-12-19-51/h4-29,40-41,43,46,75H,30-39,42,44-45H2,1-3H3,(H,69,74)/t46-,65+. The van der Waals surface area contributed by atoms with Crippen molar-refractivity contribution < 1.29 is 32.7 Å². The lowest BCUT2D eigenvalue weighted by atomic mass is 9.72. The number of aliphatic hydroxyl groups is 1. The van der Waals surface area contributed by atoms with Gasteiger partial charge in [-0.15, -0.1) is 0 Å². The first-order valence-electron chi connectivity index (χ1n) is 28.1. The number of anilines is 1. The third kappa shape index (κ3) is 11.8. The first kappa shape index (κ1) is 56.1. The highest BCUT2D eigenvalue weighted by molar-refractivity contribution is 7.90. The van der Waals surface area contributed by atoms with E-state index in [2.05, 4.69) is 76.9 Å². The number of fused-ring (bicyclic) bond motifs is 1. The number of piperazine rings is 1. The molecule has 11 rings (SSSR count). The average Bonchev–Trinajstić information content (AvgIpc) is 3.98. The van der Waals surface area contributed by atoms with Gasteiger partial charge in [-0.3, -0.25) is 19.8 Å². The zero-order chi connectivity index (χ0) is 57.2. The predicted octanol–water partition coefficient (Wildman–Crippen LogP) is 13.5. The summed E-state index contributed by atoms with van der Waals surface area (Å²) in [6.45, 7) is 10.4. The van der Waals surface area contributed by atoms with Crippen molar-refractivity contribution in [1.29, 1.82) is 0 Å². The summed E-state index contributed by atoms with van der Waals surface area (Å²) >= 11 is 6.32. The lowest BCUT2D eigenvalue weighted by molar-refractivity contribution is -0.386. The van der Waals surface area contributed by atoms with Crippen LogP contribution in [0.1, 0.15) is 98.3 Å². The molecule has 8 aromatic rings. The Hall–Kier alpha value is -7.82. The van der Waals surface area contributed by atoms with Crippen molar-refractivity contribution in [2.24, 2.45) is 11.3 Å². The Bertz CT molecular complexity index is 3660. The maximum atomic E-state index is 14.6. The molecule has 1 aromatic heterocycles. The van der Waals surface area contributed by atoms with Crippen LogP contribution in [0.4, 0.5) is 11.4 Å². The number of nitro groups is 1. The number of nitrogens with one attached hydrogen (secondary N) is 1. The van der Waals surface area contributed by atoms with Crippen LogP contribution in [0.15, 0.2) is 187 Å². The molecule has 16 heteroatoms. The van der Waals surface area contributed by atoms with E-state index in [0.717, 1.165) is 72.9 Å². The number of hydrogen-bond donors (Lipinski definition) is 2. The smallest absolute Gasteiger partial charge is 0.312 e. The second kappa shape index (κ2) is 23.2. The van der Waals surface area contributed by atoms with Crippen molar-refractivity contribution >= 4 is 55.4 Å². The zero-order valence-electron chi connectivity index (χ0n) is 46.3. The van der Waals surface area contributed by atoms with E-state index < -0.39 is 42.6 Å². The molecule has 3 aliphatic rings. The summed E-state index contributed by atoms with van der Waals surface area (Å²) in [6, 6.07) is 52.9. The normalized spacial score (nSPS) is 18.7. The molecular weight excluding hydrogens is 1070 g/mol. The van der Waals surface area contributed by atoms with Gasteiger partial charge in [-0.25, -0.2) is 17.8 Å². The summed E-state index contributed by atoms with van der Waals surface area (Å²) in [5.74, 6) is -0.562. The fourth-order valence-corrected chi connectivity index (χ4v) is 13.2. The van der Waals surface area contributed by atoms with Gasteiger partial charge in [-0.05, 0) is 140 Å². The number of carbonyl (C=O) groups is 1. The minimum atomic E-state index is -4.71. The molecule has 0 atom stereocenters. The van der Waals surface area contributed by atoms with Crippen LogP contribution in [0.5, 0.6) is 17.2 Å². The van der Waals surface area contributed by atoms with Gasteiger partial charge in [0.1, 0.15) is 17.0 Å². The molecule has 2 heterocycles. The molecule has 14 nitrogen and oxygen atoms in total. The van der Waals surface area contributed by atoms with E-state index in [9.17, 15) is 28.4 Å². The van der Waals surface area contributed by atoms with Crippen molar-refractivity contribution in [2.45, 2.75) is 81.8 Å². The summed E-state index contributed by atoms with van der Waals surface area (Å²) in [4.78, 5) is 30.6. The van der Waals surface area contributed by atoms with E-state index in [0.29, 0.717) is 54.9 Å². The number of nitrogens with zero attached hydrogens (tertiary/aromatic N) is 5. The Morgan fingerprint density at radius 2 is 1.40 bits per heavy atom. The number of carbonyl (C=O) groups excluding carboxylic acids is 1. The van der Waals surface area contributed by atoms with Gasteiger partial charge in [0.25, 0.3) is 15.9 Å². The number of halogens is 1. The third-order valence-electron chi connectivity index (χ3n) is 16.7. The van der Waals surface area contributed by atoms with Crippen LogP contribution in [0.25, 0.3) is 16.5 Å². The molecule has 0 radical (unpaired) electrons. The molecule has 7 aromatic carbocycles. The number of amides is 1. The van der Waals surface area contributed by atoms with E-state index in [1.165, 1.54) is 28.8 Å². The minimum Gasteiger partial charge on any atom is -0.487 e. The molecule has 422 valence electrons.